The van der Waals surface area contributed by atoms with Crippen LogP contribution in [0.25, 0.3) is 0 Å². The highest BCUT2D eigenvalue weighted by molar-refractivity contribution is 5.92. The van der Waals surface area contributed by atoms with Crippen LogP contribution in [-0.4, -0.2) is 38.8 Å². The number of hydrogen-bond donors (Lipinski definition) is 1. The predicted octanol–water partition coefficient (Wildman–Crippen LogP) is 3.46. The number of benzene rings is 2. The number of methoxy groups -OCH3 is 1. The van der Waals surface area contributed by atoms with Gasteiger partial charge in [-0.15, -0.1) is 0 Å². The van der Waals surface area contributed by atoms with E-state index in [1.165, 1.54) is 24.3 Å². The summed E-state index contributed by atoms with van der Waals surface area (Å²) in [5, 5.41) is 2.79. The molecule has 26 heavy (non-hydrogen) atoms. The van der Waals surface area contributed by atoms with Crippen LogP contribution in [0.1, 0.15) is 12.8 Å². The molecule has 6 heteroatoms. The number of hydrogen-bond acceptors (Lipinski definition) is 4. The van der Waals surface area contributed by atoms with Gasteiger partial charge in [0.05, 0.1) is 6.10 Å². The Morgan fingerprint density at radius 3 is 2.38 bits per heavy atom. The molecule has 0 aromatic heterocycles. The molecule has 2 aromatic rings. The molecule has 1 amide bonds. The van der Waals surface area contributed by atoms with Crippen molar-refractivity contribution in [1.29, 1.82) is 0 Å². The lowest BCUT2D eigenvalue weighted by molar-refractivity contribution is -0.118. The highest BCUT2D eigenvalue weighted by atomic mass is 19.1. The average Bonchev–Trinajstić information content (AvgIpc) is 2.68. The van der Waals surface area contributed by atoms with Gasteiger partial charge in [0.15, 0.2) is 6.61 Å². The Hall–Kier alpha value is -2.60. The van der Waals surface area contributed by atoms with Crippen molar-refractivity contribution < 1.29 is 18.7 Å². The molecule has 0 spiro atoms. The number of anilines is 2. The molecule has 0 radical (unpaired) electrons. The lowest BCUT2D eigenvalue weighted by Crippen LogP contribution is -2.36. The number of amides is 1. The Morgan fingerprint density at radius 2 is 1.77 bits per heavy atom. The molecule has 0 aliphatic carbocycles. The Kier molecular flexibility index (Phi) is 6.07. The van der Waals surface area contributed by atoms with E-state index in [0.717, 1.165) is 31.6 Å². The van der Waals surface area contributed by atoms with Gasteiger partial charge in [-0.05, 0) is 61.4 Å². The third-order valence-electron chi connectivity index (χ3n) is 4.48. The number of carbonyl (C=O) groups excluding carboxylic acids is 1. The minimum Gasteiger partial charge on any atom is -0.484 e. The molecule has 1 aliphatic heterocycles. The summed E-state index contributed by atoms with van der Waals surface area (Å²) in [6, 6.07) is 13.3. The SMILES string of the molecule is COC1CCN(c2ccc(NC(=O)COc3ccc(F)cc3)cc2)CC1. The van der Waals surface area contributed by atoms with E-state index in [2.05, 4.69) is 10.2 Å². The van der Waals surface area contributed by atoms with Crippen molar-refractivity contribution in [1.82, 2.24) is 0 Å². The minimum atomic E-state index is -0.340. The zero-order chi connectivity index (χ0) is 18.4. The highest BCUT2D eigenvalue weighted by Crippen LogP contribution is 2.23. The van der Waals surface area contributed by atoms with Gasteiger partial charge in [0, 0.05) is 31.6 Å². The summed E-state index contributed by atoms with van der Waals surface area (Å²) >= 11 is 0. The lowest BCUT2D eigenvalue weighted by Gasteiger charge is -2.33. The zero-order valence-electron chi connectivity index (χ0n) is 14.8. The van der Waals surface area contributed by atoms with Crippen molar-refractivity contribution in [2.24, 2.45) is 0 Å². The van der Waals surface area contributed by atoms with Gasteiger partial charge in [-0.25, -0.2) is 4.39 Å². The average molecular weight is 358 g/mol. The van der Waals surface area contributed by atoms with E-state index in [0.29, 0.717) is 17.5 Å². The van der Waals surface area contributed by atoms with E-state index in [-0.39, 0.29) is 18.3 Å². The van der Waals surface area contributed by atoms with Crippen LogP contribution >= 0.6 is 0 Å². The Balaban J connectivity index is 1.47. The molecule has 0 unspecified atom stereocenters. The van der Waals surface area contributed by atoms with Crippen LogP contribution in [0.3, 0.4) is 0 Å². The number of carbonyl (C=O) groups is 1. The minimum absolute atomic E-state index is 0.127. The predicted molar refractivity (Wildman–Crippen MR) is 99.2 cm³/mol. The smallest absolute Gasteiger partial charge is 0.262 e. The van der Waals surface area contributed by atoms with Gasteiger partial charge in [0.2, 0.25) is 0 Å². The normalized spacial score (nSPS) is 14.9. The molecule has 1 N–H and O–H groups in total. The maximum Gasteiger partial charge on any atom is 0.262 e. The molecule has 0 bridgehead atoms. The summed E-state index contributed by atoms with van der Waals surface area (Å²) in [6.45, 7) is 1.81. The lowest BCUT2D eigenvalue weighted by atomic mass is 10.1. The third kappa shape index (κ3) is 4.95. The molecule has 1 fully saturated rings. The van der Waals surface area contributed by atoms with Crippen molar-refractivity contribution in [3.8, 4) is 5.75 Å². The van der Waals surface area contributed by atoms with E-state index in [1.807, 2.05) is 24.3 Å². The fourth-order valence-electron chi connectivity index (χ4n) is 2.98. The Morgan fingerprint density at radius 1 is 1.12 bits per heavy atom. The third-order valence-corrected chi connectivity index (χ3v) is 4.48. The summed E-state index contributed by atoms with van der Waals surface area (Å²) in [4.78, 5) is 14.3. The summed E-state index contributed by atoms with van der Waals surface area (Å²) < 4.78 is 23.6. The topological polar surface area (TPSA) is 50.8 Å². The van der Waals surface area contributed by atoms with Crippen molar-refractivity contribution >= 4 is 17.3 Å². The largest absolute Gasteiger partial charge is 0.484 e. The summed E-state index contributed by atoms with van der Waals surface area (Å²) in [5.74, 6) is -0.146. The van der Waals surface area contributed by atoms with E-state index in [9.17, 15) is 9.18 Å². The van der Waals surface area contributed by atoms with Crippen molar-refractivity contribution in [2.45, 2.75) is 18.9 Å². The van der Waals surface area contributed by atoms with Crippen LogP contribution in [-0.2, 0) is 9.53 Å². The van der Waals surface area contributed by atoms with Crippen LogP contribution in [0.15, 0.2) is 48.5 Å². The van der Waals surface area contributed by atoms with Crippen LogP contribution < -0.4 is 15.0 Å². The van der Waals surface area contributed by atoms with Crippen LogP contribution in [0.5, 0.6) is 5.75 Å². The number of halogens is 1. The summed E-state index contributed by atoms with van der Waals surface area (Å²) in [7, 11) is 1.76. The first-order valence-corrected chi connectivity index (χ1v) is 8.70. The van der Waals surface area contributed by atoms with E-state index < -0.39 is 0 Å². The summed E-state index contributed by atoms with van der Waals surface area (Å²) in [6.07, 6.45) is 2.40. The maximum absolute atomic E-state index is 12.8. The van der Waals surface area contributed by atoms with E-state index in [4.69, 9.17) is 9.47 Å². The zero-order valence-corrected chi connectivity index (χ0v) is 14.8. The van der Waals surface area contributed by atoms with E-state index >= 15 is 0 Å². The van der Waals surface area contributed by atoms with E-state index in [1.54, 1.807) is 7.11 Å². The van der Waals surface area contributed by atoms with Crippen molar-refractivity contribution in [2.75, 3.05) is 37.0 Å². The second-order valence-electron chi connectivity index (χ2n) is 6.26. The second kappa shape index (κ2) is 8.67. The molecule has 5 nitrogen and oxygen atoms in total. The number of nitrogens with zero attached hydrogens (tertiary/aromatic N) is 1. The Labute approximate surface area is 152 Å². The first-order valence-electron chi connectivity index (χ1n) is 8.70. The molecule has 2 aromatic carbocycles. The van der Waals surface area contributed by atoms with Gasteiger partial charge in [-0.3, -0.25) is 4.79 Å². The molecular formula is C20H23FN2O3. The number of piperidine rings is 1. The standard InChI is InChI=1S/C20H23FN2O3/c1-25-18-10-12-23(13-11-18)17-6-4-16(5-7-17)22-20(24)14-26-19-8-2-15(21)3-9-19/h2-9,18H,10-14H2,1H3,(H,22,24). The maximum atomic E-state index is 12.8. The van der Waals surface area contributed by atoms with Crippen molar-refractivity contribution in [3.63, 3.8) is 0 Å². The fraction of sp³-hybridized carbons (Fsp3) is 0.350. The Bertz CT molecular complexity index is 711. The van der Waals surface area contributed by atoms with Gasteiger partial charge in [-0.2, -0.15) is 0 Å². The number of nitrogens with one attached hydrogen (secondary N) is 1. The van der Waals surface area contributed by atoms with Crippen LogP contribution in [0.2, 0.25) is 0 Å². The van der Waals surface area contributed by atoms with Crippen LogP contribution in [0.4, 0.5) is 15.8 Å². The molecule has 1 heterocycles. The van der Waals surface area contributed by atoms with Gasteiger partial charge < -0.3 is 19.7 Å². The summed E-state index contributed by atoms with van der Waals surface area (Å²) in [5.41, 5.74) is 1.85. The quantitative estimate of drug-likeness (QED) is 0.859. The molecule has 3 rings (SSSR count). The molecule has 0 saturated carbocycles. The molecule has 1 saturated heterocycles. The molecule has 1 aliphatic rings. The molecule has 138 valence electrons. The van der Waals surface area contributed by atoms with Crippen molar-refractivity contribution in [3.05, 3.63) is 54.3 Å². The first-order chi connectivity index (χ1) is 12.6. The van der Waals surface area contributed by atoms with Gasteiger partial charge >= 0.3 is 0 Å². The molecule has 0 atom stereocenters. The molecular weight excluding hydrogens is 335 g/mol. The van der Waals surface area contributed by atoms with Gasteiger partial charge in [0.1, 0.15) is 11.6 Å². The number of ether oxygens (including phenoxy) is 2. The van der Waals surface area contributed by atoms with Crippen LogP contribution in [0, 0.1) is 5.82 Å². The number of rotatable bonds is 6. The highest BCUT2D eigenvalue weighted by Gasteiger charge is 2.18. The monoisotopic (exact) mass is 358 g/mol. The van der Waals surface area contributed by atoms with Gasteiger partial charge in [-0.1, -0.05) is 0 Å². The second-order valence-corrected chi connectivity index (χ2v) is 6.26. The fourth-order valence-corrected chi connectivity index (χ4v) is 2.98. The van der Waals surface area contributed by atoms with Gasteiger partial charge in [0.25, 0.3) is 5.91 Å². The first kappa shape index (κ1) is 18.2.